The molecule has 0 aliphatic heterocycles. The highest BCUT2D eigenvalue weighted by Crippen LogP contribution is 2.32. The normalized spacial score (nSPS) is 12.4. The van der Waals surface area contributed by atoms with E-state index >= 15 is 0 Å². The van der Waals surface area contributed by atoms with Gasteiger partial charge in [-0.25, -0.2) is 0 Å². The fraction of sp³-hybridized carbons (Fsp3) is 0.222. The average molecular weight is 307 g/mol. The van der Waals surface area contributed by atoms with Gasteiger partial charge in [0.1, 0.15) is 5.75 Å². The van der Waals surface area contributed by atoms with Gasteiger partial charge in [-0.15, -0.1) is 13.2 Å². The van der Waals surface area contributed by atoms with Crippen molar-refractivity contribution in [2.75, 3.05) is 0 Å². The molecule has 1 rings (SSSR count). The summed E-state index contributed by atoms with van der Waals surface area (Å²) in [4.78, 5) is 11.5. The second-order valence-electron chi connectivity index (χ2n) is 2.90. The molecule has 0 heterocycles. The molecule has 17 heavy (non-hydrogen) atoms. The van der Waals surface area contributed by atoms with Crippen molar-refractivity contribution in [3.8, 4) is 5.75 Å². The summed E-state index contributed by atoms with van der Waals surface area (Å²) in [5.41, 5.74) is -0.188. The molecule has 1 aromatic rings. The zero-order chi connectivity index (χ0) is 13.3. The highest BCUT2D eigenvalue weighted by atomic mass is 35.6. The van der Waals surface area contributed by atoms with Gasteiger partial charge in [-0.3, -0.25) is 4.79 Å². The smallest absolute Gasteiger partial charge is 0.406 e. The first-order valence-corrected chi connectivity index (χ1v) is 5.20. The molecule has 0 unspecified atom stereocenters. The van der Waals surface area contributed by atoms with Crippen LogP contribution in [0.4, 0.5) is 13.2 Å². The van der Waals surface area contributed by atoms with Gasteiger partial charge in [0.05, 0.1) is 0 Å². The summed E-state index contributed by atoms with van der Waals surface area (Å²) in [6.45, 7) is 0. The Morgan fingerprint density at radius 2 is 1.76 bits per heavy atom. The number of carbonyl (C=O) groups is 1. The highest BCUT2D eigenvalue weighted by Gasteiger charge is 2.34. The van der Waals surface area contributed by atoms with E-state index < -0.39 is 21.7 Å². The second-order valence-corrected chi connectivity index (χ2v) is 5.18. The Hall–Kier alpha value is -0.650. The van der Waals surface area contributed by atoms with Crippen LogP contribution in [0.5, 0.6) is 5.75 Å². The molecule has 0 aliphatic carbocycles. The molecular weight excluding hydrogens is 303 g/mol. The predicted molar refractivity (Wildman–Crippen MR) is 57.7 cm³/mol. The molecule has 0 saturated heterocycles. The lowest BCUT2D eigenvalue weighted by atomic mass is 10.1. The Morgan fingerprint density at radius 1 is 1.18 bits per heavy atom. The first kappa shape index (κ1) is 14.4. The lowest BCUT2D eigenvalue weighted by Gasteiger charge is -2.12. The topological polar surface area (TPSA) is 26.3 Å². The summed E-state index contributed by atoms with van der Waals surface area (Å²) in [5, 5.41) is 0. The van der Waals surface area contributed by atoms with Gasteiger partial charge in [0, 0.05) is 5.56 Å². The number of hydrogen-bond donors (Lipinski definition) is 0. The average Bonchev–Trinajstić information content (AvgIpc) is 2.12. The van der Waals surface area contributed by atoms with Gasteiger partial charge in [0.15, 0.2) is 0 Å². The zero-order valence-electron chi connectivity index (χ0n) is 7.89. The van der Waals surface area contributed by atoms with Gasteiger partial charge in [-0.1, -0.05) is 46.9 Å². The Kier molecular flexibility index (Phi) is 4.17. The molecule has 0 N–H and O–H groups in total. The molecule has 0 fully saturated rings. The van der Waals surface area contributed by atoms with E-state index in [1.807, 2.05) is 0 Å². The molecule has 0 amide bonds. The molecule has 2 nitrogen and oxygen atoms in total. The van der Waals surface area contributed by atoms with Crippen LogP contribution in [0.3, 0.4) is 0 Å². The van der Waals surface area contributed by atoms with E-state index in [1.165, 1.54) is 12.1 Å². The SMILES string of the molecule is O=C(c1cccc(OC(F)(F)F)c1)C(Cl)(Cl)Cl. The third kappa shape index (κ3) is 4.61. The van der Waals surface area contributed by atoms with Crippen molar-refractivity contribution in [3.05, 3.63) is 29.8 Å². The van der Waals surface area contributed by atoms with Crippen LogP contribution in [0.25, 0.3) is 0 Å². The molecule has 0 bridgehead atoms. The van der Waals surface area contributed by atoms with Crippen molar-refractivity contribution in [2.24, 2.45) is 0 Å². The number of rotatable bonds is 2. The largest absolute Gasteiger partial charge is 0.573 e. The fourth-order valence-electron chi connectivity index (χ4n) is 0.998. The number of Topliss-reactive ketones (excluding diaryl/α,β-unsaturated/α-hetero) is 1. The lowest BCUT2D eigenvalue weighted by Crippen LogP contribution is -2.20. The van der Waals surface area contributed by atoms with Gasteiger partial charge in [0.2, 0.25) is 5.78 Å². The quantitative estimate of drug-likeness (QED) is 0.606. The second kappa shape index (κ2) is 4.92. The number of ether oxygens (including phenoxy) is 1. The minimum Gasteiger partial charge on any atom is -0.406 e. The molecule has 0 aliphatic rings. The van der Waals surface area contributed by atoms with Gasteiger partial charge in [0.25, 0.3) is 3.79 Å². The Morgan fingerprint density at radius 3 is 2.24 bits per heavy atom. The predicted octanol–water partition coefficient (Wildman–Crippen LogP) is 4.14. The summed E-state index contributed by atoms with van der Waals surface area (Å²) >= 11 is 16.0. The van der Waals surface area contributed by atoms with Gasteiger partial charge >= 0.3 is 6.36 Å². The Balaban J connectivity index is 2.98. The van der Waals surface area contributed by atoms with Gasteiger partial charge < -0.3 is 4.74 Å². The van der Waals surface area contributed by atoms with Crippen molar-refractivity contribution in [1.29, 1.82) is 0 Å². The summed E-state index contributed by atoms with van der Waals surface area (Å²) < 4.78 is 37.2. The van der Waals surface area contributed by atoms with E-state index in [0.29, 0.717) is 0 Å². The molecule has 0 atom stereocenters. The van der Waals surface area contributed by atoms with Crippen LogP contribution in [0, 0.1) is 0 Å². The molecule has 0 saturated carbocycles. The first-order chi connectivity index (χ1) is 7.59. The van der Waals surface area contributed by atoms with Crippen LogP contribution < -0.4 is 4.74 Å². The molecule has 94 valence electrons. The van der Waals surface area contributed by atoms with Crippen molar-refractivity contribution < 1.29 is 22.7 Å². The molecule has 0 radical (unpaired) electrons. The summed E-state index contributed by atoms with van der Waals surface area (Å²) in [6, 6.07) is 4.28. The van der Waals surface area contributed by atoms with Gasteiger partial charge in [-0.2, -0.15) is 0 Å². The third-order valence-electron chi connectivity index (χ3n) is 1.59. The van der Waals surface area contributed by atoms with Crippen LogP contribution in [0.15, 0.2) is 24.3 Å². The van der Waals surface area contributed by atoms with Crippen molar-refractivity contribution in [1.82, 2.24) is 0 Å². The van der Waals surface area contributed by atoms with Crippen LogP contribution in [-0.2, 0) is 0 Å². The van der Waals surface area contributed by atoms with E-state index in [2.05, 4.69) is 4.74 Å². The zero-order valence-corrected chi connectivity index (χ0v) is 10.2. The third-order valence-corrected chi connectivity index (χ3v) is 2.10. The number of alkyl halides is 6. The highest BCUT2D eigenvalue weighted by molar-refractivity contribution is 6.77. The minimum absolute atomic E-state index is 0.188. The van der Waals surface area contributed by atoms with Crippen molar-refractivity contribution >= 4 is 40.6 Å². The monoisotopic (exact) mass is 306 g/mol. The Labute approximate surface area is 109 Å². The summed E-state index contributed by atoms with van der Waals surface area (Å²) in [6.07, 6.45) is -4.85. The van der Waals surface area contributed by atoms with E-state index in [-0.39, 0.29) is 5.56 Å². The number of benzene rings is 1. The van der Waals surface area contributed by atoms with Crippen LogP contribution in [0.2, 0.25) is 0 Å². The summed E-state index contributed by atoms with van der Waals surface area (Å²) in [5.74, 6) is -1.49. The fourth-order valence-corrected chi connectivity index (χ4v) is 1.33. The maximum Gasteiger partial charge on any atom is 0.573 e. The Bertz CT molecular complexity index is 426. The number of carbonyl (C=O) groups excluding carboxylic acids is 1. The van der Waals surface area contributed by atoms with E-state index in [9.17, 15) is 18.0 Å². The lowest BCUT2D eigenvalue weighted by molar-refractivity contribution is -0.274. The van der Waals surface area contributed by atoms with Crippen molar-refractivity contribution in [2.45, 2.75) is 10.2 Å². The number of hydrogen-bond acceptors (Lipinski definition) is 2. The number of ketones is 1. The molecule has 8 heteroatoms. The standard InChI is InChI=1S/C9H4Cl3F3O2/c10-8(11,12)7(16)5-2-1-3-6(4-5)17-9(13,14)15/h1-4H. The van der Waals surface area contributed by atoms with E-state index in [4.69, 9.17) is 34.8 Å². The van der Waals surface area contributed by atoms with Crippen LogP contribution in [0.1, 0.15) is 10.4 Å². The van der Waals surface area contributed by atoms with Gasteiger partial charge in [-0.05, 0) is 12.1 Å². The van der Waals surface area contributed by atoms with Crippen LogP contribution >= 0.6 is 34.8 Å². The van der Waals surface area contributed by atoms with Crippen molar-refractivity contribution in [3.63, 3.8) is 0 Å². The van der Waals surface area contributed by atoms with E-state index in [0.717, 1.165) is 12.1 Å². The van der Waals surface area contributed by atoms with E-state index in [1.54, 1.807) is 0 Å². The first-order valence-electron chi connectivity index (χ1n) is 4.07. The molecular formula is C9H4Cl3F3O2. The maximum atomic E-state index is 11.9. The summed E-state index contributed by atoms with van der Waals surface area (Å²) in [7, 11) is 0. The van der Waals surface area contributed by atoms with Crippen LogP contribution in [-0.4, -0.2) is 15.9 Å². The minimum atomic E-state index is -4.85. The molecule has 0 aromatic heterocycles. The molecule has 1 aromatic carbocycles. The number of halogens is 6. The molecule has 0 spiro atoms. The maximum absolute atomic E-state index is 11.9.